The quantitative estimate of drug-likeness (QED) is 0.499. The summed E-state index contributed by atoms with van der Waals surface area (Å²) in [6.45, 7) is 0. The summed E-state index contributed by atoms with van der Waals surface area (Å²) in [5, 5.41) is 8.22. The van der Waals surface area contributed by atoms with E-state index >= 15 is 0 Å². The summed E-state index contributed by atoms with van der Waals surface area (Å²) in [5.41, 5.74) is 0.718. The van der Waals surface area contributed by atoms with E-state index in [0.717, 1.165) is 5.56 Å². The van der Waals surface area contributed by atoms with Crippen molar-refractivity contribution < 1.29 is 42.6 Å². The molecule has 4 radical (unpaired) electrons. The van der Waals surface area contributed by atoms with E-state index in [4.69, 9.17) is 5.11 Å². The Kier molecular flexibility index (Phi) is 14.7. The van der Waals surface area contributed by atoms with Crippen LogP contribution < -0.4 is 0 Å². The topological polar surface area (TPSA) is 37.3 Å². The van der Waals surface area contributed by atoms with E-state index in [1.54, 1.807) is 12.1 Å². The Bertz CT molecular complexity index is 273. The van der Waals surface area contributed by atoms with Gasteiger partial charge in [0, 0.05) is 41.1 Å². The van der Waals surface area contributed by atoms with Crippen LogP contribution in [0.1, 0.15) is 13.0 Å². The molecule has 4 heteroatoms. The van der Waals surface area contributed by atoms with Crippen molar-refractivity contribution in [3.63, 3.8) is 0 Å². The Balaban J connectivity index is -0.000000403. The fourth-order valence-electron chi connectivity index (χ4n) is 0.636. The molecule has 0 bridgehead atoms. The van der Waals surface area contributed by atoms with Gasteiger partial charge in [0.2, 0.25) is 5.97 Å². The molecule has 0 heterocycles. The zero-order valence-electron chi connectivity index (χ0n) is 6.90. The summed E-state index contributed by atoms with van der Waals surface area (Å²) in [4.78, 5) is 10.0. The first-order valence-electron chi connectivity index (χ1n) is 3.08. The first kappa shape index (κ1) is 19.2. The molecule has 0 aliphatic carbocycles. The Morgan fingerprint density at radius 2 is 2.14 bits per heavy atom. The van der Waals surface area contributed by atoms with Crippen molar-refractivity contribution in [3.8, 4) is 0 Å². The number of hydrogen-bond acceptors (Lipinski definition) is 1. The van der Waals surface area contributed by atoms with Gasteiger partial charge in [0.15, 0.2) is 0 Å². The number of hydrogen-bond donors (Lipinski definition) is 1. The fourth-order valence-corrected chi connectivity index (χ4v) is 0.636. The molecule has 14 heavy (non-hydrogen) atoms. The number of carboxylic acid groups (broad SMARTS) is 1. The zero-order chi connectivity index (χ0) is 8.10. The maximum absolute atomic E-state index is 10.0. The predicted molar refractivity (Wildman–Crippen MR) is 53.1 cm³/mol. The van der Waals surface area contributed by atoms with Crippen molar-refractivity contribution in [1.82, 2.24) is 0 Å². The normalized spacial score (nSPS) is 8.00. The van der Waals surface area contributed by atoms with Crippen LogP contribution in [0.3, 0.4) is 0 Å². The van der Waals surface area contributed by atoms with Gasteiger partial charge in [0.05, 0.1) is 0 Å². The Labute approximate surface area is 112 Å². The van der Waals surface area contributed by atoms with Gasteiger partial charge in [0.25, 0.3) is 0 Å². The maximum atomic E-state index is 10.0. The van der Waals surface area contributed by atoms with E-state index in [0.29, 0.717) is 0 Å². The van der Waals surface area contributed by atoms with Crippen molar-refractivity contribution in [2.45, 2.75) is 7.43 Å². The smallest absolute Gasteiger partial charge is 0.225 e. The molecule has 0 atom stereocenters. The summed E-state index contributed by atoms with van der Waals surface area (Å²) in [6, 6.07) is 9.95. The first-order valence-corrected chi connectivity index (χ1v) is 3.08. The van der Waals surface area contributed by atoms with Crippen LogP contribution in [0.25, 0.3) is 6.08 Å². The molecule has 0 saturated heterocycles. The third-order valence-corrected chi connectivity index (χ3v) is 1.08. The molecule has 1 aromatic rings. The van der Waals surface area contributed by atoms with Crippen molar-refractivity contribution in [1.29, 1.82) is 0 Å². The molecule has 70 valence electrons. The molecule has 0 saturated carbocycles. The van der Waals surface area contributed by atoms with Crippen LogP contribution in [0.4, 0.5) is 0 Å². The van der Waals surface area contributed by atoms with Gasteiger partial charge in [-0.2, -0.15) is 12.1 Å². The average molecular weight is 262 g/mol. The Hall–Kier alpha value is -0.401. The predicted octanol–water partition coefficient (Wildman–Crippen LogP) is 1.64. The van der Waals surface area contributed by atoms with Gasteiger partial charge in [0.1, 0.15) is 0 Å². The van der Waals surface area contributed by atoms with E-state index in [1.165, 1.54) is 6.08 Å². The van der Waals surface area contributed by atoms with E-state index in [1.807, 2.05) is 12.1 Å². The number of carboxylic acids is 1. The summed E-state index contributed by atoms with van der Waals surface area (Å²) < 4.78 is 0. The molecule has 0 unspecified atom stereocenters. The summed E-state index contributed by atoms with van der Waals surface area (Å²) in [6.07, 6.45) is 3.50. The van der Waals surface area contributed by atoms with Crippen LogP contribution in [0.5, 0.6) is 0 Å². The molecule has 1 N–H and O–H groups in total. The molecular weight excluding hydrogens is 252 g/mol. The third-order valence-electron chi connectivity index (χ3n) is 1.08. The molecule has 0 spiro atoms. The van der Waals surface area contributed by atoms with Gasteiger partial charge >= 0.3 is 0 Å². The summed E-state index contributed by atoms with van der Waals surface area (Å²) >= 11 is 0. The number of benzene rings is 1. The minimum atomic E-state index is -1.07. The number of aliphatic carboxylic acids is 1. The standard InChI is InChI=1S/C9H6O2.CH4.B.Y/c10-9(11)7-6-8-4-2-1-3-5-8;;;/h1-4,6H,(H,10,11);1H4;;/q-2;;;. The van der Waals surface area contributed by atoms with Crippen LogP contribution in [0.2, 0.25) is 0 Å². The molecule has 0 aliphatic rings. The molecule has 0 aromatic heterocycles. The van der Waals surface area contributed by atoms with E-state index in [-0.39, 0.29) is 48.5 Å². The average Bonchev–Trinajstić information content (AvgIpc) is 2.03. The number of rotatable bonds is 2. The molecule has 1 aromatic carbocycles. The minimum Gasteiger partial charge on any atom is -0.493 e. The second-order valence-electron chi connectivity index (χ2n) is 1.91. The first-order chi connectivity index (χ1) is 5.29. The molecule has 0 amide bonds. The summed E-state index contributed by atoms with van der Waals surface area (Å²) in [7, 11) is 0. The van der Waals surface area contributed by atoms with Crippen LogP contribution in [-0.2, 0) is 37.5 Å². The minimum absolute atomic E-state index is 0. The second kappa shape index (κ2) is 10.7. The van der Waals surface area contributed by atoms with Crippen LogP contribution in [0, 0.1) is 12.1 Å². The molecular formula is C10H10BO2Y-2. The molecule has 1 rings (SSSR count). The Morgan fingerprint density at radius 1 is 1.50 bits per heavy atom. The molecule has 0 aliphatic heterocycles. The van der Waals surface area contributed by atoms with Gasteiger partial charge in [-0.1, -0.05) is 7.43 Å². The van der Waals surface area contributed by atoms with Crippen LogP contribution >= 0.6 is 0 Å². The second-order valence-corrected chi connectivity index (χ2v) is 1.91. The van der Waals surface area contributed by atoms with Gasteiger partial charge in [-0.15, -0.1) is 6.07 Å². The van der Waals surface area contributed by atoms with Crippen molar-refractivity contribution in [3.05, 3.63) is 42.0 Å². The van der Waals surface area contributed by atoms with E-state index in [2.05, 4.69) is 12.1 Å². The van der Waals surface area contributed by atoms with Crippen molar-refractivity contribution in [2.75, 3.05) is 0 Å². The van der Waals surface area contributed by atoms with Gasteiger partial charge < -0.3 is 16.7 Å². The molecule has 0 fully saturated rings. The summed E-state index contributed by atoms with van der Waals surface area (Å²) in [5.74, 6) is -1.07. The maximum Gasteiger partial charge on any atom is 0.225 e. The molecule has 2 nitrogen and oxygen atoms in total. The van der Waals surface area contributed by atoms with Gasteiger partial charge in [-0.05, 0) is 0 Å². The van der Waals surface area contributed by atoms with Crippen molar-refractivity contribution in [2.24, 2.45) is 0 Å². The largest absolute Gasteiger partial charge is 0.493 e. The zero-order valence-corrected chi connectivity index (χ0v) is 9.74. The fraction of sp³-hybridized carbons (Fsp3) is 0.100. The van der Waals surface area contributed by atoms with Gasteiger partial charge in [-0.25, -0.2) is 18.2 Å². The van der Waals surface area contributed by atoms with E-state index < -0.39 is 5.97 Å². The third kappa shape index (κ3) is 8.21. The monoisotopic (exact) mass is 262 g/mol. The Morgan fingerprint density at radius 3 is 2.57 bits per heavy atom. The van der Waals surface area contributed by atoms with Crippen LogP contribution in [-0.4, -0.2) is 19.5 Å². The van der Waals surface area contributed by atoms with Gasteiger partial charge in [-0.3, -0.25) is 4.79 Å². The van der Waals surface area contributed by atoms with Crippen molar-refractivity contribution >= 4 is 20.5 Å². The van der Waals surface area contributed by atoms with Crippen LogP contribution in [0.15, 0.2) is 24.3 Å². The van der Waals surface area contributed by atoms with E-state index in [9.17, 15) is 4.79 Å². The number of carbonyl (C=O) groups is 1. The SMILES string of the molecule is C.O=C(O)[C-]=Cc1[c-]cccc1.[B].[Y].